The zero-order valence-corrected chi connectivity index (χ0v) is 21.4. The Kier molecular flexibility index (Phi) is 1270. The third-order valence-electron chi connectivity index (χ3n) is 0. The van der Waals surface area contributed by atoms with Crippen LogP contribution in [-0.4, -0.2) is 181 Å². The third kappa shape index (κ3) is 92.8. The van der Waals surface area contributed by atoms with Gasteiger partial charge in [0.05, 0.1) is 0 Å². The summed E-state index contributed by atoms with van der Waals surface area (Å²) < 4.78 is 0. The van der Waals surface area contributed by atoms with Gasteiger partial charge in [-0.2, -0.15) is 0 Å². The topological polar surface area (TPSA) is 171 Å². The van der Waals surface area contributed by atoms with E-state index in [2.05, 4.69) is 0 Å². The number of rotatable bonds is 0. The molecule has 11 heteroatoms. The Morgan fingerprint density at radius 3 is 0.273 bits per heavy atom. The van der Waals surface area contributed by atoms with E-state index < -0.39 is 0 Å². The Morgan fingerprint density at radius 2 is 0.273 bits per heavy atom. The van der Waals surface area contributed by atoms with Crippen molar-refractivity contribution >= 4 is 181 Å². The zero-order chi connectivity index (χ0) is 0. The van der Waals surface area contributed by atoms with E-state index in [1.165, 1.54) is 0 Å². The molecule has 0 aromatic carbocycles. The molecule has 6 nitrogen and oxygen atoms in total. The van der Waals surface area contributed by atoms with Crippen LogP contribution < -0.4 is 0 Å². The average molecular weight is 562 g/mol. The van der Waals surface area contributed by atoms with E-state index in [1.54, 1.807) is 0 Å². The van der Waals surface area contributed by atoms with Crippen LogP contribution in [0.4, 0.5) is 0 Å². The molecule has 0 aliphatic carbocycles. The van der Waals surface area contributed by atoms with Gasteiger partial charge in [0.25, 0.3) is 0 Å². The molecule has 0 aromatic heterocycles. The van der Waals surface area contributed by atoms with E-state index in [-0.39, 0.29) is 214 Å². The first-order chi connectivity index (χ1) is 0. The van der Waals surface area contributed by atoms with Crippen LogP contribution in [0.2, 0.25) is 0 Å². The molecule has 11 heavy (non-hydrogen) atoms. The molecule has 48 valence electrons. The fraction of sp³-hybridized carbons (Fsp3) is 0. The first-order valence-corrected chi connectivity index (χ1v) is 0. The normalized spacial score (nSPS) is 0. The molecule has 0 N–H and O–H groups in total. The standard InChI is InChI=1S/2Al.3Ba.6O/q2*+3;3*+2;6*-2. The van der Waals surface area contributed by atoms with Gasteiger partial charge in [0.2, 0.25) is 0 Å². The summed E-state index contributed by atoms with van der Waals surface area (Å²) in [6.07, 6.45) is 0. The van der Waals surface area contributed by atoms with E-state index in [0.717, 1.165) is 0 Å². The van der Waals surface area contributed by atoms with Gasteiger partial charge in [0.15, 0.2) is 0 Å². The van der Waals surface area contributed by atoms with Crippen molar-refractivity contribution in [3.8, 4) is 0 Å². The summed E-state index contributed by atoms with van der Waals surface area (Å²) in [4.78, 5) is 0. The van der Waals surface area contributed by atoms with Gasteiger partial charge in [-0.15, -0.1) is 0 Å². The number of hydrogen-bond donors (Lipinski definition) is 0. The van der Waals surface area contributed by atoms with Crippen LogP contribution in [0.15, 0.2) is 0 Å². The molecule has 0 spiro atoms. The molecular formula is Al2Ba3O6. The summed E-state index contributed by atoms with van der Waals surface area (Å²) in [6, 6.07) is 0. The molecule has 0 unspecified atom stereocenters. The molecule has 0 bridgehead atoms. The SMILES string of the molecule is [Al+3].[Al+3].[Ba+2].[Ba+2].[Ba+2].[O-2].[O-2].[O-2].[O-2].[O-2].[O-2]. The predicted molar refractivity (Wildman–Crippen MR) is 32.9 cm³/mol. The van der Waals surface area contributed by atoms with Crippen molar-refractivity contribution in [2.45, 2.75) is 0 Å². The monoisotopic (exact) mass is 564 g/mol. The predicted octanol–water partition coefficient (Wildman–Crippen LogP) is -2.62. The molecule has 0 aliphatic heterocycles. The fourth-order valence-electron chi connectivity index (χ4n) is 0. The molecule has 0 aliphatic rings. The van der Waals surface area contributed by atoms with E-state index in [1.807, 2.05) is 0 Å². The summed E-state index contributed by atoms with van der Waals surface area (Å²) in [5.41, 5.74) is 0. The smallest absolute Gasteiger partial charge is 2.00 e. The van der Waals surface area contributed by atoms with Crippen molar-refractivity contribution in [1.29, 1.82) is 0 Å². The van der Waals surface area contributed by atoms with E-state index in [0.29, 0.717) is 0 Å². The van der Waals surface area contributed by atoms with Crippen molar-refractivity contribution in [3.05, 3.63) is 0 Å². The van der Waals surface area contributed by atoms with Crippen molar-refractivity contribution in [3.63, 3.8) is 0 Å². The quantitative estimate of drug-likeness (QED) is 0.282. The van der Waals surface area contributed by atoms with Crippen molar-refractivity contribution in [2.75, 3.05) is 0 Å². The minimum absolute atomic E-state index is 0. The van der Waals surface area contributed by atoms with Crippen LogP contribution in [-0.2, 0) is 32.9 Å². The van der Waals surface area contributed by atoms with Crippen LogP contribution >= 0.6 is 0 Å². The van der Waals surface area contributed by atoms with Gasteiger partial charge in [-0.25, -0.2) is 0 Å². The molecule has 0 heterocycles. The van der Waals surface area contributed by atoms with Gasteiger partial charge in [-0.1, -0.05) is 0 Å². The Bertz CT molecular complexity index is 15.8. The van der Waals surface area contributed by atoms with Crippen molar-refractivity contribution < 1.29 is 32.9 Å². The maximum absolute atomic E-state index is 0. The summed E-state index contributed by atoms with van der Waals surface area (Å²) in [7, 11) is 0. The largest absolute Gasteiger partial charge is 3.00 e. The first kappa shape index (κ1) is 130. The fourth-order valence-corrected chi connectivity index (χ4v) is 0. The van der Waals surface area contributed by atoms with Crippen LogP contribution in [0.3, 0.4) is 0 Å². The van der Waals surface area contributed by atoms with E-state index in [4.69, 9.17) is 0 Å². The Morgan fingerprint density at radius 1 is 0.273 bits per heavy atom. The molecule has 0 saturated carbocycles. The van der Waals surface area contributed by atoms with Crippen LogP contribution in [0.1, 0.15) is 0 Å². The Balaban J connectivity index is 0. The minimum Gasteiger partial charge on any atom is -2.00 e. The summed E-state index contributed by atoms with van der Waals surface area (Å²) in [5, 5.41) is 0. The second-order valence-corrected chi connectivity index (χ2v) is 0. The molecule has 0 fully saturated rings. The number of hydrogen-bond acceptors (Lipinski definition) is 0. The van der Waals surface area contributed by atoms with E-state index >= 15 is 0 Å². The molecule has 0 radical (unpaired) electrons. The molecule has 0 amide bonds. The molecule has 0 rings (SSSR count). The maximum Gasteiger partial charge on any atom is 3.00 e. The van der Waals surface area contributed by atoms with Gasteiger partial charge in [-0.05, 0) is 0 Å². The molecule has 0 saturated heterocycles. The van der Waals surface area contributed by atoms with Crippen LogP contribution in [0, 0.1) is 0 Å². The molecular weight excluding hydrogens is 562 g/mol. The van der Waals surface area contributed by atoms with Crippen molar-refractivity contribution in [2.24, 2.45) is 0 Å². The Hall–Kier alpha value is 5.54. The summed E-state index contributed by atoms with van der Waals surface area (Å²) in [6.45, 7) is 0. The van der Waals surface area contributed by atoms with Crippen molar-refractivity contribution in [1.82, 2.24) is 0 Å². The van der Waals surface area contributed by atoms with Gasteiger partial charge in [0, 0.05) is 0 Å². The van der Waals surface area contributed by atoms with Gasteiger partial charge in [-0.3, -0.25) is 0 Å². The summed E-state index contributed by atoms with van der Waals surface area (Å²) >= 11 is 0. The molecule has 0 atom stereocenters. The van der Waals surface area contributed by atoms with Crippen LogP contribution in [0.5, 0.6) is 0 Å². The average Bonchev–Trinajstić information content (AvgIpc) is 0. The Labute approximate surface area is 208 Å². The van der Waals surface area contributed by atoms with Gasteiger partial charge >= 0.3 is 181 Å². The first-order valence-electron chi connectivity index (χ1n) is 0. The maximum atomic E-state index is 0. The van der Waals surface area contributed by atoms with Gasteiger partial charge < -0.3 is 32.9 Å². The van der Waals surface area contributed by atoms with Crippen LogP contribution in [0.25, 0.3) is 0 Å². The van der Waals surface area contributed by atoms with Gasteiger partial charge in [0.1, 0.15) is 0 Å². The summed E-state index contributed by atoms with van der Waals surface area (Å²) in [5.74, 6) is 0. The minimum atomic E-state index is 0. The second-order valence-electron chi connectivity index (χ2n) is 0. The third-order valence-corrected chi connectivity index (χ3v) is 0. The second kappa shape index (κ2) is 107. The molecule has 0 aromatic rings. The zero-order valence-electron chi connectivity index (χ0n) is 5.73. The van der Waals surface area contributed by atoms with E-state index in [9.17, 15) is 0 Å².